The van der Waals surface area contributed by atoms with Gasteiger partial charge in [0.15, 0.2) is 0 Å². The SMILES string of the molecule is CC[C@H](C)[C@@H]([C@@H](CC(=O)N1CCC[C@H]1[C@H](OC)[C@@H](C)C(=O)N[C@H](C)[C@@H](O)c1ccccc1)OC)N(C)C(=O)[C@@H](NC(=O)[C@H](C(C)C)N(C)C(=O)OCc1ccc(NC(=O)[C@H](CCCNC(N)=O)NC(=O)[C@@H](NC(=O)CCCCCN2C(=O)C=CC2=O)C(C)C)cc1S(=O)(=O)O)C(C)C. The minimum Gasteiger partial charge on any atom is -0.444 e. The summed E-state index contributed by atoms with van der Waals surface area (Å²) in [6.07, 6.45) is 1.77. The first-order valence-electron chi connectivity index (χ1n) is 33.5. The van der Waals surface area contributed by atoms with Gasteiger partial charge in [-0.3, -0.25) is 57.5 Å². The third kappa shape index (κ3) is 23.6. The molecule has 2 aromatic carbocycles. The van der Waals surface area contributed by atoms with Crippen LogP contribution in [0, 0.1) is 29.6 Å². The first-order chi connectivity index (χ1) is 46.1. The van der Waals surface area contributed by atoms with Gasteiger partial charge in [0.05, 0.1) is 48.8 Å². The molecule has 4 rings (SSSR count). The number of likely N-dealkylation sites (tertiary alicyclic amines) is 1. The third-order valence-corrected chi connectivity index (χ3v) is 19.0. The van der Waals surface area contributed by atoms with E-state index in [1.54, 1.807) is 91.6 Å². The number of primary amides is 1. The minimum atomic E-state index is -5.11. The Balaban J connectivity index is 1.45. The number of ether oxygens (including phenoxy) is 3. The van der Waals surface area contributed by atoms with Crippen molar-refractivity contribution in [1.82, 2.24) is 46.2 Å². The van der Waals surface area contributed by atoms with E-state index in [1.807, 2.05) is 19.9 Å². The number of nitrogens with zero attached hydrogens (tertiary/aromatic N) is 4. The minimum absolute atomic E-state index is 0.000759. The quantitative estimate of drug-likeness (QED) is 0.0255. The molecule has 1 fully saturated rings. The van der Waals surface area contributed by atoms with Crippen molar-refractivity contribution >= 4 is 81.1 Å². The molecule has 98 heavy (non-hydrogen) atoms. The van der Waals surface area contributed by atoms with Crippen LogP contribution in [0.4, 0.5) is 15.3 Å². The number of amides is 12. The van der Waals surface area contributed by atoms with E-state index in [1.165, 1.54) is 44.4 Å². The van der Waals surface area contributed by atoms with Gasteiger partial charge in [-0.25, -0.2) is 9.59 Å². The first kappa shape index (κ1) is 82.4. The van der Waals surface area contributed by atoms with Crippen LogP contribution in [0.5, 0.6) is 0 Å². The molecule has 12 amide bonds. The molecule has 1 saturated heterocycles. The van der Waals surface area contributed by atoms with Crippen LogP contribution in [0.2, 0.25) is 0 Å². The van der Waals surface area contributed by atoms with Crippen LogP contribution >= 0.6 is 0 Å². The highest BCUT2D eigenvalue weighted by Gasteiger charge is 2.44. The number of nitrogens with one attached hydrogen (secondary N) is 6. The van der Waals surface area contributed by atoms with Crippen molar-refractivity contribution < 1.29 is 85.0 Å². The Morgan fingerprint density at radius 3 is 1.96 bits per heavy atom. The standard InChI is InChI=1S/C68H105N11O18S/c1-15-42(8)59(50(95-13)37-55(83)78-35-23-27-49(78)61(96-14)43(9)62(85)71-44(10)60(84)45-24-18-16-19-25-45)76(11)66(89)57(40(4)5)75-65(88)58(41(6)7)77(12)68(91)97-38-46-29-30-47(36-51(46)98(92,93)94)72-63(86)48(26-22-33-70-67(69)90)73-64(87)56(39(2)3)74-52(80)28-20-17-21-34-79-53(81)31-32-54(79)82/h16,18-19,24-25,29-32,36,39-44,48-50,56-61,84H,15,17,20-23,26-28,33-35,37-38H2,1-14H3,(H,71,85)(H,72,86)(H,73,87)(H,74,80)(H,75,88)(H3,69,70,90)(H,92,93,94)/t42-,43+,44+,48-,49-,50+,56-,57-,58-,59-,60+,61+/m0/s1. The average molecular weight is 1400 g/mol. The number of aliphatic hydroxyl groups excluding tert-OH is 1. The van der Waals surface area contributed by atoms with Gasteiger partial charge in [-0.05, 0) is 86.8 Å². The fourth-order valence-electron chi connectivity index (χ4n) is 12.4. The number of urea groups is 1. The predicted molar refractivity (Wildman–Crippen MR) is 363 cm³/mol. The number of imide groups is 1. The number of likely N-dealkylation sites (N-methyl/N-ethyl adjacent to an activating group) is 2. The van der Waals surface area contributed by atoms with Crippen LogP contribution in [0.1, 0.15) is 151 Å². The Hall–Kier alpha value is -8.06. The highest BCUT2D eigenvalue weighted by atomic mass is 32.2. The molecular formula is C68H105N11O18S. The lowest BCUT2D eigenvalue weighted by atomic mass is 9.89. The summed E-state index contributed by atoms with van der Waals surface area (Å²) < 4.78 is 53.9. The van der Waals surface area contributed by atoms with Crippen LogP contribution in [0.25, 0.3) is 0 Å². The van der Waals surface area contributed by atoms with Crippen molar-refractivity contribution in [2.45, 2.75) is 206 Å². The number of rotatable bonds is 39. The monoisotopic (exact) mass is 1400 g/mol. The Morgan fingerprint density at radius 2 is 1.39 bits per heavy atom. The number of methoxy groups -OCH3 is 2. The lowest BCUT2D eigenvalue weighted by Crippen LogP contribution is -2.60. The van der Waals surface area contributed by atoms with Crippen molar-refractivity contribution in [3.05, 3.63) is 71.8 Å². The van der Waals surface area contributed by atoms with Gasteiger partial charge in [0.1, 0.15) is 35.7 Å². The van der Waals surface area contributed by atoms with Gasteiger partial charge in [-0.15, -0.1) is 0 Å². The van der Waals surface area contributed by atoms with Gasteiger partial charge >= 0.3 is 12.1 Å². The number of aliphatic hydroxyl groups is 1. The van der Waals surface area contributed by atoms with Gasteiger partial charge in [0.2, 0.25) is 41.4 Å². The van der Waals surface area contributed by atoms with E-state index in [9.17, 15) is 70.8 Å². The molecule has 30 heteroatoms. The van der Waals surface area contributed by atoms with Crippen LogP contribution in [0.15, 0.2) is 65.6 Å². The number of carbonyl (C=O) groups is 11. The highest BCUT2D eigenvalue weighted by molar-refractivity contribution is 7.85. The molecular weight excluding hydrogens is 1290 g/mol. The molecule has 10 N–H and O–H groups in total. The molecule has 2 aliphatic rings. The lowest BCUT2D eigenvalue weighted by Gasteiger charge is -2.41. The van der Waals surface area contributed by atoms with Gasteiger partial charge in [0, 0.05) is 77.8 Å². The fourth-order valence-corrected chi connectivity index (χ4v) is 13.1. The Morgan fingerprint density at radius 1 is 0.745 bits per heavy atom. The first-order valence-corrected chi connectivity index (χ1v) is 35.0. The van der Waals surface area contributed by atoms with Crippen LogP contribution < -0.4 is 37.6 Å². The van der Waals surface area contributed by atoms with E-state index in [4.69, 9.17) is 19.9 Å². The van der Waals surface area contributed by atoms with E-state index in [-0.39, 0.29) is 67.8 Å². The Bertz CT molecular complexity index is 3210. The zero-order valence-corrected chi connectivity index (χ0v) is 59.9. The van der Waals surface area contributed by atoms with Gasteiger partial charge in [-0.2, -0.15) is 8.42 Å². The van der Waals surface area contributed by atoms with Gasteiger partial charge in [0.25, 0.3) is 21.9 Å². The molecule has 2 heterocycles. The fraction of sp³-hybridized carbons (Fsp3) is 0.632. The molecule has 0 radical (unpaired) electrons. The number of unbranched alkanes of at least 4 members (excludes halogenated alkanes) is 2. The molecule has 2 aromatic rings. The molecule has 2 aliphatic heterocycles. The van der Waals surface area contributed by atoms with Crippen molar-refractivity contribution in [3.63, 3.8) is 0 Å². The summed E-state index contributed by atoms with van der Waals surface area (Å²) in [6.45, 7) is 17.2. The second-order valence-corrected chi connectivity index (χ2v) is 27.8. The van der Waals surface area contributed by atoms with Crippen LogP contribution in [-0.2, 0) is 74.1 Å². The van der Waals surface area contributed by atoms with Gasteiger partial charge < -0.3 is 66.8 Å². The molecule has 0 unspecified atom stereocenters. The lowest BCUT2D eigenvalue weighted by molar-refractivity contribution is -0.148. The van der Waals surface area contributed by atoms with Crippen LogP contribution in [-0.4, -0.2) is 205 Å². The molecule has 29 nitrogen and oxygen atoms in total. The Labute approximate surface area is 575 Å². The maximum atomic E-state index is 14.9. The van der Waals surface area contributed by atoms with E-state index in [0.717, 1.165) is 21.9 Å². The number of carbonyl (C=O) groups excluding carboxylic acids is 11. The maximum absolute atomic E-state index is 14.9. The Kier molecular flexibility index (Phi) is 32.7. The number of hydrogen-bond donors (Lipinski definition) is 9. The molecule has 546 valence electrons. The summed E-state index contributed by atoms with van der Waals surface area (Å²) in [5.41, 5.74) is 5.44. The van der Waals surface area contributed by atoms with Gasteiger partial charge in [-0.1, -0.05) is 112 Å². The zero-order chi connectivity index (χ0) is 73.5. The summed E-state index contributed by atoms with van der Waals surface area (Å²) in [7, 11) is 0.702. The van der Waals surface area contributed by atoms with Crippen molar-refractivity contribution in [3.8, 4) is 0 Å². The summed E-state index contributed by atoms with van der Waals surface area (Å²) in [4.78, 5) is 152. The second kappa shape index (κ2) is 38.9. The van der Waals surface area contributed by atoms with Crippen LogP contribution in [0.3, 0.4) is 0 Å². The zero-order valence-electron chi connectivity index (χ0n) is 59.0. The molecule has 12 atom stereocenters. The van der Waals surface area contributed by atoms with Crippen molar-refractivity contribution in [1.29, 1.82) is 0 Å². The summed E-state index contributed by atoms with van der Waals surface area (Å²) in [6, 6.07) is 4.74. The third-order valence-electron chi connectivity index (χ3n) is 18.1. The number of hydrogen-bond acceptors (Lipinski definition) is 17. The van der Waals surface area contributed by atoms with Crippen molar-refractivity contribution in [2.75, 3.05) is 53.3 Å². The number of anilines is 1. The van der Waals surface area contributed by atoms with E-state index >= 15 is 0 Å². The van der Waals surface area contributed by atoms with E-state index in [2.05, 4.69) is 31.9 Å². The van der Waals surface area contributed by atoms with E-state index in [0.29, 0.717) is 50.6 Å². The normalized spacial score (nSPS) is 17.4. The topological polar surface area (TPSA) is 401 Å². The molecule has 0 spiro atoms. The molecule has 0 bridgehead atoms. The largest absolute Gasteiger partial charge is 0.444 e. The number of benzene rings is 2. The number of nitrogens with two attached hydrogens (primary N) is 1. The predicted octanol–water partition coefficient (Wildman–Crippen LogP) is 4.32. The van der Waals surface area contributed by atoms with E-state index < -0.39 is 159 Å². The molecule has 0 aliphatic carbocycles. The summed E-state index contributed by atoms with van der Waals surface area (Å²) in [5, 5.41) is 27.0. The highest BCUT2D eigenvalue weighted by Crippen LogP contribution is 2.31. The smallest absolute Gasteiger partial charge is 0.410 e. The molecule has 0 saturated carbocycles. The average Bonchev–Trinajstić information content (AvgIpc) is 1.20. The summed E-state index contributed by atoms with van der Waals surface area (Å²) >= 11 is 0. The maximum Gasteiger partial charge on any atom is 0.410 e. The summed E-state index contributed by atoms with van der Waals surface area (Å²) in [5.74, 6) is -7.30. The molecule has 0 aromatic heterocycles. The van der Waals surface area contributed by atoms with Crippen molar-refractivity contribution in [2.24, 2.45) is 35.3 Å². The second-order valence-electron chi connectivity index (χ2n) is 26.4.